The van der Waals surface area contributed by atoms with Crippen molar-refractivity contribution in [2.75, 3.05) is 17.7 Å². The Balaban J connectivity index is 1.40. The van der Waals surface area contributed by atoms with Gasteiger partial charge in [-0.15, -0.1) is 0 Å². The fourth-order valence-corrected chi connectivity index (χ4v) is 3.52. The highest BCUT2D eigenvalue weighted by Gasteiger charge is 2.13. The van der Waals surface area contributed by atoms with Crippen LogP contribution in [-0.4, -0.2) is 34.1 Å². The number of benzene rings is 2. The number of aliphatic carboxylic acids is 1. The van der Waals surface area contributed by atoms with E-state index in [9.17, 15) is 9.59 Å². The number of carbonyl (C=O) groups is 2. The first-order valence-corrected chi connectivity index (χ1v) is 10.7. The quantitative estimate of drug-likeness (QED) is 0.327. The van der Waals surface area contributed by atoms with Crippen molar-refractivity contribution >= 4 is 40.4 Å². The number of fused-ring (bicyclic) bond motifs is 1. The van der Waals surface area contributed by atoms with Gasteiger partial charge in [0.2, 0.25) is 5.91 Å². The molecule has 0 aliphatic carbocycles. The van der Waals surface area contributed by atoms with Crippen molar-refractivity contribution < 1.29 is 23.8 Å². The number of aromatic nitrogens is 2. The van der Waals surface area contributed by atoms with Gasteiger partial charge < -0.3 is 24.9 Å². The second-order valence-corrected chi connectivity index (χ2v) is 7.84. The van der Waals surface area contributed by atoms with Gasteiger partial charge in [0.1, 0.15) is 11.3 Å². The molecule has 2 aromatic carbocycles. The molecule has 2 heterocycles. The molecule has 1 unspecified atom stereocenters. The smallest absolute Gasteiger partial charge is 0.304 e. The molecule has 0 saturated heterocycles. The molecule has 0 radical (unpaired) electrons. The predicted molar refractivity (Wildman–Crippen MR) is 128 cm³/mol. The molecule has 34 heavy (non-hydrogen) atoms. The number of carboxylic acids is 1. The third-order valence-corrected chi connectivity index (χ3v) is 5.22. The van der Waals surface area contributed by atoms with Crippen LogP contribution in [0.5, 0.6) is 5.75 Å². The maximum Gasteiger partial charge on any atom is 0.304 e. The average Bonchev–Trinajstić information content (AvgIpc) is 3.21. The molecule has 1 atom stereocenters. The molecule has 9 nitrogen and oxygen atoms in total. The van der Waals surface area contributed by atoms with Gasteiger partial charge in [0.15, 0.2) is 5.58 Å². The number of para-hydroxylation sites is 2. The molecule has 4 aromatic rings. The third-order valence-electron chi connectivity index (χ3n) is 5.22. The summed E-state index contributed by atoms with van der Waals surface area (Å²) < 4.78 is 11.1. The molecule has 0 aliphatic rings. The topological polar surface area (TPSA) is 127 Å². The number of amides is 1. The lowest BCUT2D eigenvalue weighted by molar-refractivity contribution is -0.137. The summed E-state index contributed by atoms with van der Waals surface area (Å²) in [6, 6.07) is 16.6. The number of rotatable bonds is 9. The molecule has 4 rings (SSSR count). The van der Waals surface area contributed by atoms with E-state index in [-0.39, 0.29) is 24.7 Å². The van der Waals surface area contributed by atoms with E-state index < -0.39 is 5.97 Å². The van der Waals surface area contributed by atoms with E-state index in [4.69, 9.17) is 14.3 Å². The first-order valence-electron chi connectivity index (χ1n) is 10.7. The second-order valence-electron chi connectivity index (χ2n) is 7.84. The lowest BCUT2D eigenvalue weighted by Gasteiger charge is -2.10. The van der Waals surface area contributed by atoms with Gasteiger partial charge in [-0.25, -0.2) is 0 Å². The Bertz CT molecular complexity index is 1320. The highest BCUT2D eigenvalue weighted by Crippen LogP contribution is 2.29. The molecular formula is C25H24N4O5. The van der Waals surface area contributed by atoms with Gasteiger partial charge in [0.25, 0.3) is 6.01 Å². The summed E-state index contributed by atoms with van der Waals surface area (Å²) in [4.78, 5) is 32.1. The highest BCUT2D eigenvalue weighted by atomic mass is 16.5. The standard InChI is InChI=1S/C25H24N4O5/c1-15(11-24(31)32)18-10-8-17(14-26-18)27-23(30)13-16-7-9-20-22(12-16)34-25(29-20)28-19-5-3-4-6-21(19)33-2/h3-10,12,14-15H,11,13H2,1-2H3,(H,27,30)(H,28,29)(H,31,32). The van der Waals surface area contributed by atoms with Crippen molar-refractivity contribution in [3.8, 4) is 5.75 Å². The highest BCUT2D eigenvalue weighted by molar-refractivity contribution is 5.92. The second kappa shape index (κ2) is 10.0. The number of pyridine rings is 1. The summed E-state index contributed by atoms with van der Waals surface area (Å²) in [6.07, 6.45) is 1.67. The molecule has 0 spiro atoms. The zero-order chi connectivity index (χ0) is 24.1. The Morgan fingerprint density at radius 3 is 2.71 bits per heavy atom. The minimum atomic E-state index is -0.877. The minimum Gasteiger partial charge on any atom is -0.495 e. The molecule has 2 aromatic heterocycles. The van der Waals surface area contributed by atoms with Crippen LogP contribution in [0.3, 0.4) is 0 Å². The first-order chi connectivity index (χ1) is 16.4. The fourth-order valence-electron chi connectivity index (χ4n) is 3.52. The molecule has 1 amide bonds. The summed E-state index contributed by atoms with van der Waals surface area (Å²) in [5.41, 5.74) is 3.92. The molecule has 9 heteroatoms. The number of anilines is 3. The van der Waals surface area contributed by atoms with Gasteiger partial charge in [0.05, 0.1) is 37.5 Å². The summed E-state index contributed by atoms with van der Waals surface area (Å²) in [5, 5.41) is 14.8. The van der Waals surface area contributed by atoms with Gasteiger partial charge in [-0.1, -0.05) is 25.1 Å². The van der Waals surface area contributed by atoms with Crippen molar-refractivity contribution in [1.82, 2.24) is 9.97 Å². The van der Waals surface area contributed by atoms with Crippen LogP contribution in [0.2, 0.25) is 0 Å². The van der Waals surface area contributed by atoms with Crippen molar-refractivity contribution in [3.63, 3.8) is 0 Å². The number of hydrogen-bond acceptors (Lipinski definition) is 7. The maximum atomic E-state index is 12.5. The van der Waals surface area contributed by atoms with Gasteiger partial charge in [-0.2, -0.15) is 4.98 Å². The molecule has 0 bridgehead atoms. The van der Waals surface area contributed by atoms with Gasteiger partial charge in [0, 0.05) is 11.6 Å². The van der Waals surface area contributed by atoms with Gasteiger partial charge >= 0.3 is 5.97 Å². The first kappa shape index (κ1) is 22.8. The van der Waals surface area contributed by atoms with Crippen molar-refractivity contribution in [2.24, 2.45) is 0 Å². The van der Waals surface area contributed by atoms with E-state index in [1.165, 1.54) is 6.20 Å². The predicted octanol–water partition coefficient (Wildman–Crippen LogP) is 4.73. The van der Waals surface area contributed by atoms with Crippen molar-refractivity contribution in [3.05, 3.63) is 72.1 Å². The van der Waals surface area contributed by atoms with Crippen molar-refractivity contribution in [1.29, 1.82) is 0 Å². The van der Waals surface area contributed by atoms with Crippen LogP contribution < -0.4 is 15.4 Å². The van der Waals surface area contributed by atoms with Crippen LogP contribution >= 0.6 is 0 Å². The Morgan fingerprint density at radius 2 is 1.97 bits per heavy atom. The monoisotopic (exact) mass is 460 g/mol. The lowest BCUT2D eigenvalue weighted by atomic mass is 10.0. The van der Waals surface area contributed by atoms with Gasteiger partial charge in [-0.05, 0) is 42.0 Å². The van der Waals surface area contributed by atoms with E-state index in [0.29, 0.717) is 34.2 Å². The van der Waals surface area contributed by atoms with Crippen LogP contribution in [0.1, 0.15) is 30.5 Å². The zero-order valence-corrected chi connectivity index (χ0v) is 18.7. The van der Waals surface area contributed by atoms with Crippen LogP contribution in [0.4, 0.5) is 17.4 Å². The molecule has 0 aliphatic heterocycles. The molecular weight excluding hydrogens is 436 g/mol. The number of nitrogens with one attached hydrogen (secondary N) is 2. The van der Waals surface area contributed by atoms with E-state index in [1.54, 1.807) is 38.3 Å². The van der Waals surface area contributed by atoms with E-state index in [1.807, 2.05) is 30.3 Å². The van der Waals surface area contributed by atoms with Crippen LogP contribution in [0.15, 0.2) is 65.2 Å². The number of carboxylic acid groups (broad SMARTS) is 1. The van der Waals surface area contributed by atoms with Crippen LogP contribution in [0.25, 0.3) is 11.1 Å². The van der Waals surface area contributed by atoms with E-state index in [0.717, 1.165) is 11.3 Å². The molecule has 0 fully saturated rings. The molecule has 0 saturated carbocycles. The zero-order valence-electron chi connectivity index (χ0n) is 18.7. The normalized spacial score (nSPS) is 11.7. The Hall–Kier alpha value is -4.40. The number of hydrogen-bond donors (Lipinski definition) is 3. The van der Waals surface area contributed by atoms with Crippen LogP contribution in [0, 0.1) is 0 Å². The number of oxazole rings is 1. The minimum absolute atomic E-state index is 0.00104. The number of ether oxygens (including phenoxy) is 1. The SMILES string of the molecule is COc1ccccc1Nc1nc2ccc(CC(=O)Nc3ccc(C(C)CC(=O)O)nc3)cc2o1. The molecule has 3 N–H and O–H groups in total. The summed E-state index contributed by atoms with van der Waals surface area (Å²) in [7, 11) is 1.59. The summed E-state index contributed by atoms with van der Waals surface area (Å²) >= 11 is 0. The number of nitrogens with zero attached hydrogens (tertiary/aromatic N) is 2. The Kier molecular flexibility index (Phi) is 6.72. The summed E-state index contributed by atoms with van der Waals surface area (Å²) in [6.45, 7) is 1.80. The van der Waals surface area contributed by atoms with Crippen molar-refractivity contribution in [2.45, 2.75) is 25.7 Å². The van der Waals surface area contributed by atoms with E-state index >= 15 is 0 Å². The third kappa shape index (κ3) is 5.50. The molecule has 174 valence electrons. The number of carbonyl (C=O) groups excluding carboxylic acids is 1. The van der Waals surface area contributed by atoms with Crippen LogP contribution in [-0.2, 0) is 16.0 Å². The number of methoxy groups -OCH3 is 1. The van der Waals surface area contributed by atoms with E-state index in [2.05, 4.69) is 20.6 Å². The largest absolute Gasteiger partial charge is 0.495 e. The summed E-state index contributed by atoms with van der Waals surface area (Å²) in [5.74, 6) is -0.628. The Morgan fingerprint density at radius 1 is 1.15 bits per heavy atom. The lowest BCUT2D eigenvalue weighted by Crippen LogP contribution is -2.14. The average molecular weight is 460 g/mol. The fraction of sp³-hybridized carbons (Fsp3) is 0.200. The van der Waals surface area contributed by atoms with Gasteiger partial charge in [-0.3, -0.25) is 14.6 Å². The maximum absolute atomic E-state index is 12.5. The Labute approximate surface area is 195 Å².